The third-order valence-corrected chi connectivity index (χ3v) is 3.90. The van der Waals surface area contributed by atoms with Crippen LogP contribution >= 0.6 is 11.6 Å². The lowest BCUT2D eigenvalue weighted by atomic mass is 10.0. The molecular formula is C14H21ClN2O. The zero-order valence-electron chi connectivity index (χ0n) is 10.8. The van der Waals surface area contributed by atoms with Gasteiger partial charge in [-0.2, -0.15) is 0 Å². The summed E-state index contributed by atoms with van der Waals surface area (Å²) >= 11 is 6.27. The zero-order chi connectivity index (χ0) is 13.0. The number of ether oxygens (including phenoxy) is 1. The number of rotatable bonds is 4. The first kappa shape index (κ1) is 13.8. The molecule has 0 radical (unpaired) electrons. The number of nitrogens with two attached hydrogens (primary N) is 1. The van der Waals surface area contributed by atoms with Crippen molar-refractivity contribution in [3.63, 3.8) is 0 Å². The van der Waals surface area contributed by atoms with Crippen LogP contribution in [0.1, 0.15) is 24.9 Å². The Kier molecular flexibility index (Phi) is 5.01. The molecule has 0 spiro atoms. The Balaban J connectivity index is 2.15. The number of halogens is 1. The van der Waals surface area contributed by atoms with Gasteiger partial charge in [-0.3, -0.25) is 4.90 Å². The molecule has 1 aliphatic heterocycles. The third kappa shape index (κ3) is 3.04. The summed E-state index contributed by atoms with van der Waals surface area (Å²) in [5.41, 5.74) is 7.07. The number of hydrogen-bond donors (Lipinski definition) is 1. The van der Waals surface area contributed by atoms with E-state index >= 15 is 0 Å². The molecule has 0 amide bonds. The summed E-state index contributed by atoms with van der Waals surface area (Å²) in [7, 11) is 0. The number of hydrogen-bond acceptors (Lipinski definition) is 3. The summed E-state index contributed by atoms with van der Waals surface area (Å²) in [4.78, 5) is 2.39. The van der Waals surface area contributed by atoms with Crippen molar-refractivity contribution in [3.05, 3.63) is 34.9 Å². The average Bonchev–Trinajstić information content (AvgIpc) is 2.42. The van der Waals surface area contributed by atoms with Crippen molar-refractivity contribution in [1.29, 1.82) is 0 Å². The summed E-state index contributed by atoms with van der Waals surface area (Å²) in [5.74, 6) is 0. The molecule has 4 heteroatoms. The molecule has 1 aromatic carbocycles. The van der Waals surface area contributed by atoms with E-state index in [0.29, 0.717) is 12.6 Å². The Morgan fingerprint density at radius 1 is 1.50 bits per heavy atom. The fourth-order valence-electron chi connectivity index (χ4n) is 2.49. The summed E-state index contributed by atoms with van der Waals surface area (Å²) < 4.78 is 5.70. The highest BCUT2D eigenvalue weighted by Crippen LogP contribution is 2.28. The van der Waals surface area contributed by atoms with Crippen LogP contribution < -0.4 is 5.73 Å². The Bertz CT molecular complexity index is 386. The van der Waals surface area contributed by atoms with E-state index in [4.69, 9.17) is 22.1 Å². The maximum atomic E-state index is 6.27. The third-order valence-electron chi connectivity index (χ3n) is 3.55. The summed E-state index contributed by atoms with van der Waals surface area (Å²) in [6, 6.07) is 8.15. The molecule has 2 rings (SSSR count). The standard InChI is InChI=1S/C14H21ClN2O/c1-2-11-10-17(7-8-18-11)14(9-16)12-5-3-4-6-13(12)15/h3-6,11,14H,2,7-10,16H2,1H3. The van der Waals surface area contributed by atoms with Crippen LogP contribution in [0, 0.1) is 0 Å². The Hall–Kier alpha value is -0.610. The van der Waals surface area contributed by atoms with Crippen LogP contribution in [0.4, 0.5) is 0 Å². The number of morpholine rings is 1. The Morgan fingerprint density at radius 2 is 2.28 bits per heavy atom. The van der Waals surface area contributed by atoms with E-state index in [1.54, 1.807) is 0 Å². The fraction of sp³-hybridized carbons (Fsp3) is 0.571. The van der Waals surface area contributed by atoms with E-state index in [1.807, 2.05) is 18.2 Å². The van der Waals surface area contributed by atoms with Gasteiger partial charge in [-0.25, -0.2) is 0 Å². The van der Waals surface area contributed by atoms with Crippen LogP contribution in [0.2, 0.25) is 5.02 Å². The normalized spacial score (nSPS) is 22.9. The molecule has 1 fully saturated rings. The molecule has 0 aromatic heterocycles. The quantitative estimate of drug-likeness (QED) is 0.912. The molecule has 0 aliphatic carbocycles. The summed E-state index contributed by atoms with van der Waals surface area (Å²) in [6.07, 6.45) is 1.35. The molecule has 1 aliphatic rings. The van der Waals surface area contributed by atoms with Crippen LogP contribution in [0.25, 0.3) is 0 Å². The molecular weight excluding hydrogens is 248 g/mol. The molecule has 0 bridgehead atoms. The molecule has 0 saturated carbocycles. The molecule has 100 valence electrons. The van der Waals surface area contributed by atoms with E-state index in [0.717, 1.165) is 36.7 Å². The summed E-state index contributed by atoms with van der Waals surface area (Å²) in [5, 5.41) is 0.799. The minimum absolute atomic E-state index is 0.191. The van der Waals surface area contributed by atoms with Crippen molar-refractivity contribution in [2.75, 3.05) is 26.2 Å². The highest BCUT2D eigenvalue weighted by molar-refractivity contribution is 6.31. The van der Waals surface area contributed by atoms with E-state index in [9.17, 15) is 0 Å². The second kappa shape index (κ2) is 6.53. The van der Waals surface area contributed by atoms with Crippen LogP contribution in [0.5, 0.6) is 0 Å². The minimum Gasteiger partial charge on any atom is -0.376 e. The lowest BCUT2D eigenvalue weighted by molar-refractivity contribution is -0.0437. The summed E-state index contributed by atoms with van der Waals surface area (Å²) in [6.45, 7) is 5.37. The van der Waals surface area contributed by atoms with Gasteiger partial charge in [0.1, 0.15) is 0 Å². The van der Waals surface area contributed by atoms with Crippen LogP contribution in [-0.4, -0.2) is 37.2 Å². The van der Waals surface area contributed by atoms with Gasteiger partial charge in [-0.1, -0.05) is 36.7 Å². The van der Waals surface area contributed by atoms with Gasteiger partial charge in [-0.05, 0) is 18.1 Å². The van der Waals surface area contributed by atoms with Crippen molar-refractivity contribution in [2.24, 2.45) is 5.73 Å². The van der Waals surface area contributed by atoms with Gasteiger partial charge in [0, 0.05) is 30.7 Å². The van der Waals surface area contributed by atoms with Crippen molar-refractivity contribution in [3.8, 4) is 0 Å². The number of nitrogens with zero attached hydrogens (tertiary/aromatic N) is 1. The first-order valence-corrected chi connectivity index (χ1v) is 6.94. The van der Waals surface area contributed by atoms with E-state index in [-0.39, 0.29) is 6.04 Å². The molecule has 1 heterocycles. The zero-order valence-corrected chi connectivity index (χ0v) is 11.6. The predicted octanol–water partition coefficient (Wildman–Crippen LogP) is 2.45. The van der Waals surface area contributed by atoms with Gasteiger partial charge >= 0.3 is 0 Å². The smallest absolute Gasteiger partial charge is 0.0700 e. The molecule has 2 unspecified atom stereocenters. The Labute approximate surface area is 114 Å². The highest BCUT2D eigenvalue weighted by atomic mass is 35.5. The van der Waals surface area contributed by atoms with Crippen molar-refractivity contribution >= 4 is 11.6 Å². The van der Waals surface area contributed by atoms with E-state index in [1.165, 1.54) is 0 Å². The van der Waals surface area contributed by atoms with Crippen molar-refractivity contribution in [1.82, 2.24) is 4.90 Å². The molecule has 1 saturated heterocycles. The largest absolute Gasteiger partial charge is 0.376 e. The first-order chi connectivity index (χ1) is 8.76. The molecule has 3 nitrogen and oxygen atoms in total. The van der Waals surface area contributed by atoms with Crippen LogP contribution in [0.3, 0.4) is 0 Å². The van der Waals surface area contributed by atoms with Gasteiger partial charge in [0.25, 0.3) is 0 Å². The van der Waals surface area contributed by atoms with Gasteiger partial charge in [-0.15, -0.1) is 0 Å². The van der Waals surface area contributed by atoms with E-state index in [2.05, 4.69) is 17.9 Å². The lowest BCUT2D eigenvalue weighted by Gasteiger charge is -2.38. The highest BCUT2D eigenvalue weighted by Gasteiger charge is 2.26. The van der Waals surface area contributed by atoms with E-state index < -0.39 is 0 Å². The molecule has 18 heavy (non-hydrogen) atoms. The van der Waals surface area contributed by atoms with Crippen molar-refractivity contribution in [2.45, 2.75) is 25.5 Å². The monoisotopic (exact) mass is 268 g/mol. The maximum absolute atomic E-state index is 6.27. The fourth-order valence-corrected chi connectivity index (χ4v) is 2.75. The van der Waals surface area contributed by atoms with Gasteiger partial charge in [0.05, 0.1) is 12.7 Å². The van der Waals surface area contributed by atoms with Crippen LogP contribution in [0.15, 0.2) is 24.3 Å². The average molecular weight is 269 g/mol. The second-order valence-corrected chi connectivity index (χ2v) is 5.08. The Morgan fingerprint density at radius 3 is 2.94 bits per heavy atom. The predicted molar refractivity (Wildman–Crippen MR) is 74.9 cm³/mol. The van der Waals surface area contributed by atoms with Crippen LogP contribution in [-0.2, 0) is 4.74 Å². The van der Waals surface area contributed by atoms with Crippen molar-refractivity contribution < 1.29 is 4.74 Å². The lowest BCUT2D eigenvalue weighted by Crippen LogP contribution is -2.46. The van der Waals surface area contributed by atoms with Gasteiger partial charge in [0.2, 0.25) is 0 Å². The second-order valence-electron chi connectivity index (χ2n) is 4.67. The molecule has 2 N–H and O–H groups in total. The van der Waals surface area contributed by atoms with Gasteiger partial charge in [0.15, 0.2) is 0 Å². The number of benzene rings is 1. The first-order valence-electron chi connectivity index (χ1n) is 6.56. The molecule has 1 aromatic rings. The maximum Gasteiger partial charge on any atom is 0.0700 e. The minimum atomic E-state index is 0.191. The molecule has 2 atom stereocenters. The van der Waals surface area contributed by atoms with Gasteiger partial charge < -0.3 is 10.5 Å². The topological polar surface area (TPSA) is 38.5 Å². The SMILES string of the molecule is CCC1CN(C(CN)c2ccccc2Cl)CCO1.